The van der Waals surface area contributed by atoms with Crippen LogP contribution in [0.1, 0.15) is 5.56 Å². The van der Waals surface area contributed by atoms with Gasteiger partial charge in [-0.1, -0.05) is 36.4 Å². The molecule has 0 heterocycles. The number of aliphatic hydroxyl groups is 1. The molecule has 0 radical (unpaired) electrons. The molecule has 3 nitrogen and oxygen atoms in total. The quantitative estimate of drug-likeness (QED) is 0.788. The minimum Gasteiger partial charge on any atom is -0.490 e. The van der Waals surface area contributed by atoms with Crippen LogP contribution in [-0.4, -0.2) is 31.5 Å². The summed E-state index contributed by atoms with van der Waals surface area (Å²) < 4.78 is 10.6. The van der Waals surface area contributed by atoms with E-state index < -0.39 is 6.10 Å². The summed E-state index contributed by atoms with van der Waals surface area (Å²) in [5.74, 6) is 0.791. The molecule has 2 aromatic carbocycles. The molecule has 1 atom stereocenters. The highest BCUT2D eigenvalue weighted by molar-refractivity contribution is 5.87. The highest BCUT2D eigenvalue weighted by Crippen LogP contribution is 2.28. The molecule has 0 bridgehead atoms. The lowest BCUT2D eigenvalue weighted by Gasteiger charge is -2.15. The second kappa shape index (κ2) is 7.08. The van der Waals surface area contributed by atoms with Gasteiger partial charge in [0.15, 0.2) is 0 Å². The number of aliphatic hydroxyl groups excluding tert-OH is 1. The smallest absolute Gasteiger partial charge is 0.123 e. The van der Waals surface area contributed by atoms with Crippen LogP contribution in [0.5, 0.6) is 5.75 Å². The molecule has 0 aliphatic heterocycles. The van der Waals surface area contributed by atoms with Crippen molar-refractivity contribution >= 4 is 10.8 Å². The lowest BCUT2D eigenvalue weighted by molar-refractivity contribution is 0.0324. The zero-order valence-electron chi connectivity index (χ0n) is 11.7. The fourth-order valence-electron chi connectivity index (χ4n) is 2.23. The van der Waals surface area contributed by atoms with Crippen molar-refractivity contribution in [3.63, 3.8) is 0 Å². The van der Waals surface area contributed by atoms with Crippen LogP contribution in [-0.2, 0) is 11.2 Å². The largest absolute Gasteiger partial charge is 0.490 e. The zero-order valence-corrected chi connectivity index (χ0v) is 11.7. The highest BCUT2D eigenvalue weighted by atomic mass is 16.5. The van der Waals surface area contributed by atoms with Gasteiger partial charge in [0.05, 0.1) is 6.61 Å². The van der Waals surface area contributed by atoms with Crippen molar-refractivity contribution in [2.45, 2.75) is 12.5 Å². The second-order valence-electron chi connectivity index (χ2n) is 4.68. The topological polar surface area (TPSA) is 38.7 Å². The molecule has 1 N–H and O–H groups in total. The average molecular weight is 272 g/mol. The predicted octanol–water partition coefficient (Wildman–Crippen LogP) is 2.95. The van der Waals surface area contributed by atoms with E-state index in [1.807, 2.05) is 30.3 Å². The number of allylic oxidation sites excluding steroid dienone is 1. The van der Waals surface area contributed by atoms with E-state index in [1.165, 1.54) is 5.39 Å². The van der Waals surface area contributed by atoms with Gasteiger partial charge < -0.3 is 14.6 Å². The molecule has 106 valence electrons. The SMILES string of the molecule is C=CCc1c(OCC(O)COC)ccc2ccccc12. The zero-order chi connectivity index (χ0) is 14.4. The molecule has 0 saturated carbocycles. The molecule has 3 heteroatoms. The van der Waals surface area contributed by atoms with Crippen molar-refractivity contribution in [1.29, 1.82) is 0 Å². The molecule has 0 aliphatic carbocycles. The maximum Gasteiger partial charge on any atom is 0.123 e. The fraction of sp³-hybridized carbons (Fsp3) is 0.294. The number of benzene rings is 2. The number of methoxy groups -OCH3 is 1. The van der Waals surface area contributed by atoms with Gasteiger partial charge in [0, 0.05) is 12.7 Å². The molecule has 1 unspecified atom stereocenters. The third-order valence-electron chi connectivity index (χ3n) is 3.14. The summed E-state index contributed by atoms with van der Waals surface area (Å²) in [5, 5.41) is 12.0. The summed E-state index contributed by atoms with van der Waals surface area (Å²) >= 11 is 0. The van der Waals surface area contributed by atoms with Crippen LogP contribution in [0.3, 0.4) is 0 Å². The highest BCUT2D eigenvalue weighted by Gasteiger charge is 2.10. The van der Waals surface area contributed by atoms with Crippen LogP contribution >= 0.6 is 0 Å². The lowest BCUT2D eigenvalue weighted by atomic mass is 10.0. The summed E-state index contributed by atoms with van der Waals surface area (Å²) in [7, 11) is 1.56. The summed E-state index contributed by atoms with van der Waals surface area (Å²) in [5.41, 5.74) is 1.10. The van der Waals surface area contributed by atoms with Crippen molar-refractivity contribution < 1.29 is 14.6 Å². The lowest BCUT2D eigenvalue weighted by Crippen LogP contribution is -2.22. The molecule has 2 rings (SSSR count). The van der Waals surface area contributed by atoms with Crippen molar-refractivity contribution in [2.75, 3.05) is 20.3 Å². The van der Waals surface area contributed by atoms with Gasteiger partial charge in [-0.15, -0.1) is 6.58 Å². The summed E-state index contributed by atoms with van der Waals surface area (Å²) in [4.78, 5) is 0. The van der Waals surface area contributed by atoms with E-state index in [-0.39, 0.29) is 13.2 Å². The first-order valence-electron chi connectivity index (χ1n) is 6.67. The average Bonchev–Trinajstić information content (AvgIpc) is 2.47. The molecular weight excluding hydrogens is 252 g/mol. The summed E-state index contributed by atoms with van der Waals surface area (Å²) in [6, 6.07) is 12.2. The number of hydrogen-bond donors (Lipinski definition) is 1. The van der Waals surface area contributed by atoms with Crippen molar-refractivity contribution in [3.8, 4) is 5.75 Å². The van der Waals surface area contributed by atoms with Gasteiger partial charge in [0.25, 0.3) is 0 Å². The van der Waals surface area contributed by atoms with Crippen molar-refractivity contribution in [1.82, 2.24) is 0 Å². The van der Waals surface area contributed by atoms with Gasteiger partial charge in [-0.2, -0.15) is 0 Å². The van der Waals surface area contributed by atoms with E-state index in [1.54, 1.807) is 7.11 Å². The van der Waals surface area contributed by atoms with Crippen molar-refractivity contribution in [2.24, 2.45) is 0 Å². The number of ether oxygens (including phenoxy) is 2. The van der Waals surface area contributed by atoms with Crippen LogP contribution in [0.15, 0.2) is 49.1 Å². The first-order chi connectivity index (χ1) is 9.76. The summed E-state index contributed by atoms with van der Waals surface area (Å²) in [6.07, 6.45) is 1.97. The standard InChI is InChI=1S/C17H20O3/c1-3-6-16-15-8-5-4-7-13(15)9-10-17(16)20-12-14(18)11-19-2/h3-5,7-10,14,18H,1,6,11-12H2,2H3. The molecular formula is C17H20O3. The van der Waals surface area contributed by atoms with Gasteiger partial charge in [-0.25, -0.2) is 0 Å². The third-order valence-corrected chi connectivity index (χ3v) is 3.14. The van der Waals surface area contributed by atoms with Crippen LogP contribution in [0.2, 0.25) is 0 Å². The van der Waals surface area contributed by atoms with Crippen LogP contribution in [0.4, 0.5) is 0 Å². The van der Waals surface area contributed by atoms with Crippen LogP contribution in [0.25, 0.3) is 10.8 Å². The number of fused-ring (bicyclic) bond motifs is 1. The molecule has 0 aliphatic rings. The Balaban J connectivity index is 2.27. The van der Waals surface area contributed by atoms with Gasteiger partial charge in [-0.3, -0.25) is 0 Å². The molecule has 0 spiro atoms. The van der Waals surface area contributed by atoms with Gasteiger partial charge >= 0.3 is 0 Å². The molecule has 0 fully saturated rings. The Kier molecular flexibility index (Phi) is 5.16. The Hall–Kier alpha value is -1.84. The monoisotopic (exact) mass is 272 g/mol. The van der Waals surface area contributed by atoms with Crippen LogP contribution < -0.4 is 4.74 Å². The number of hydrogen-bond acceptors (Lipinski definition) is 3. The van der Waals surface area contributed by atoms with E-state index in [2.05, 4.69) is 18.7 Å². The van der Waals surface area contributed by atoms with Gasteiger partial charge in [0.2, 0.25) is 0 Å². The van der Waals surface area contributed by atoms with Crippen molar-refractivity contribution in [3.05, 3.63) is 54.6 Å². The van der Waals surface area contributed by atoms with E-state index in [9.17, 15) is 5.11 Å². The summed E-state index contributed by atoms with van der Waals surface area (Å²) in [6.45, 7) is 4.29. The molecule has 0 aromatic heterocycles. The Bertz CT molecular complexity index is 577. The van der Waals surface area contributed by atoms with E-state index in [0.29, 0.717) is 0 Å². The predicted molar refractivity (Wildman–Crippen MR) is 81.2 cm³/mol. The first kappa shape index (κ1) is 14.6. The molecule has 0 saturated heterocycles. The molecule has 20 heavy (non-hydrogen) atoms. The van der Waals surface area contributed by atoms with Crippen LogP contribution in [0, 0.1) is 0 Å². The van der Waals surface area contributed by atoms with Gasteiger partial charge in [-0.05, 0) is 23.3 Å². The Labute approximate surface area is 119 Å². The van der Waals surface area contributed by atoms with E-state index in [4.69, 9.17) is 9.47 Å². The Morgan fingerprint density at radius 3 is 2.75 bits per heavy atom. The Morgan fingerprint density at radius 1 is 1.20 bits per heavy atom. The normalized spacial score (nSPS) is 12.3. The Morgan fingerprint density at radius 2 is 2.00 bits per heavy atom. The first-order valence-corrected chi connectivity index (χ1v) is 6.67. The van der Waals surface area contributed by atoms with E-state index in [0.717, 1.165) is 23.1 Å². The second-order valence-corrected chi connectivity index (χ2v) is 4.68. The molecule has 0 amide bonds. The van der Waals surface area contributed by atoms with Gasteiger partial charge in [0.1, 0.15) is 18.5 Å². The third kappa shape index (κ3) is 3.38. The van der Waals surface area contributed by atoms with E-state index >= 15 is 0 Å². The fourth-order valence-corrected chi connectivity index (χ4v) is 2.23. The number of rotatable bonds is 7. The maximum atomic E-state index is 9.67. The molecule has 2 aromatic rings. The minimum atomic E-state index is -0.622. The minimum absolute atomic E-state index is 0.219. The maximum absolute atomic E-state index is 9.67.